The number of hydrogen-bond acceptors (Lipinski definition) is 4. The highest BCUT2D eigenvalue weighted by atomic mass is 16.2. The number of nitrogens with zero attached hydrogens (tertiary/aromatic N) is 1. The van der Waals surface area contributed by atoms with Gasteiger partial charge in [0.25, 0.3) is 5.91 Å². The molecule has 1 heterocycles. The van der Waals surface area contributed by atoms with Crippen LogP contribution in [0.5, 0.6) is 0 Å². The minimum atomic E-state index is -0.337. The van der Waals surface area contributed by atoms with Gasteiger partial charge in [-0.05, 0) is 25.5 Å². The standard InChI is InChI=1S/C14H17N3O3/c1-9(5-6-13(19)16-8-18)17-7-11-10(14(17)20)3-2-4-12(11)15/h2-4,8-9H,5-7,15H2,1H3,(H,16,18,19). The van der Waals surface area contributed by atoms with Crippen molar-refractivity contribution in [3.05, 3.63) is 29.3 Å². The monoisotopic (exact) mass is 275 g/mol. The van der Waals surface area contributed by atoms with E-state index in [-0.39, 0.29) is 24.3 Å². The lowest BCUT2D eigenvalue weighted by Crippen LogP contribution is -2.34. The Hall–Kier alpha value is -2.37. The molecule has 0 aromatic heterocycles. The Kier molecular flexibility index (Phi) is 4.02. The molecule has 6 nitrogen and oxygen atoms in total. The molecule has 1 aliphatic rings. The molecular weight excluding hydrogens is 258 g/mol. The second kappa shape index (κ2) is 5.73. The van der Waals surface area contributed by atoms with Crippen molar-refractivity contribution in [3.63, 3.8) is 0 Å². The maximum Gasteiger partial charge on any atom is 0.254 e. The molecule has 1 aromatic rings. The Morgan fingerprint density at radius 2 is 2.30 bits per heavy atom. The van der Waals surface area contributed by atoms with Crippen LogP contribution in [0.1, 0.15) is 35.7 Å². The highest BCUT2D eigenvalue weighted by Crippen LogP contribution is 2.29. The van der Waals surface area contributed by atoms with E-state index >= 15 is 0 Å². The second-order valence-electron chi connectivity index (χ2n) is 4.88. The van der Waals surface area contributed by atoms with E-state index in [2.05, 4.69) is 5.32 Å². The van der Waals surface area contributed by atoms with Crippen LogP contribution in [0.4, 0.5) is 5.69 Å². The van der Waals surface area contributed by atoms with E-state index in [4.69, 9.17) is 5.73 Å². The van der Waals surface area contributed by atoms with Crippen LogP contribution in [-0.2, 0) is 16.1 Å². The van der Waals surface area contributed by atoms with Gasteiger partial charge in [0.15, 0.2) is 0 Å². The van der Waals surface area contributed by atoms with Gasteiger partial charge in [0.1, 0.15) is 0 Å². The van der Waals surface area contributed by atoms with E-state index in [0.29, 0.717) is 30.6 Å². The lowest BCUT2D eigenvalue weighted by Gasteiger charge is -2.24. The summed E-state index contributed by atoms with van der Waals surface area (Å²) >= 11 is 0. The van der Waals surface area contributed by atoms with Gasteiger partial charge in [0.05, 0.1) is 0 Å². The van der Waals surface area contributed by atoms with Crippen LogP contribution in [0.3, 0.4) is 0 Å². The van der Waals surface area contributed by atoms with Gasteiger partial charge in [0, 0.05) is 35.8 Å². The Morgan fingerprint density at radius 1 is 1.55 bits per heavy atom. The zero-order chi connectivity index (χ0) is 14.7. The van der Waals surface area contributed by atoms with Gasteiger partial charge in [-0.25, -0.2) is 0 Å². The lowest BCUT2D eigenvalue weighted by atomic mass is 10.1. The minimum absolute atomic E-state index is 0.0596. The number of nitrogens with one attached hydrogen (secondary N) is 1. The van der Waals surface area contributed by atoms with Crippen molar-refractivity contribution in [2.45, 2.75) is 32.4 Å². The molecule has 3 N–H and O–H groups in total. The van der Waals surface area contributed by atoms with Gasteiger partial charge in [-0.3, -0.25) is 19.7 Å². The van der Waals surface area contributed by atoms with Gasteiger partial charge < -0.3 is 10.6 Å². The van der Waals surface area contributed by atoms with E-state index in [1.165, 1.54) is 0 Å². The average molecular weight is 275 g/mol. The number of nitrogen functional groups attached to an aromatic ring is 1. The number of anilines is 1. The third kappa shape index (κ3) is 2.64. The lowest BCUT2D eigenvalue weighted by molar-refractivity contribution is -0.125. The third-order valence-electron chi connectivity index (χ3n) is 3.57. The van der Waals surface area contributed by atoms with E-state index in [1.54, 1.807) is 23.1 Å². The van der Waals surface area contributed by atoms with Crippen LogP contribution in [0.2, 0.25) is 0 Å². The molecule has 2 rings (SSSR count). The first-order chi connectivity index (χ1) is 9.54. The summed E-state index contributed by atoms with van der Waals surface area (Å²) < 4.78 is 0. The predicted molar refractivity (Wildman–Crippen MR) is 73.6 cm³/mol. The number of rotatable bonds is 5. The zero-order valence-corrected chi connectivity index (χ0v) is 11.3. The minimum Gasteiger partial charge on any atom is -0.398 e. The summed E-state index contributed by atoms with van der Waals surface area (Å²) in [6.45, 7) is 2.35. The molecule has 6 heteroatoms. The fraction of sp³-hybridized carbons (Fsp3) is 0.357. The van der Waals surface area contributed by atoms with Crippen LogP contribution >= 0.6 is 0 Å². The first-order valence-corrected chi connectivity index (χ1v) is 6.46. The van der Waals surface area contributed by atoms with Crippen LogP contribution in [0.25, 0.3) is 0 Å². The van der Waals surface area contributed by atoms with E-state index in [9.17, 15) is 14.4 Å². The first kappa shape index (κ1) is 14.0. The summed E-state index contributed by atoms with van der Waals surface area (Å²) in [5.41, 5.74) is 7.97. The van der Waals surface area contributed by atoms with Crippen molar-refractivity contribution in [2.75, 3.05) is 5.73 Å². The number of carbonyl (C=O) groups excluding carboxylic acids is 3. The summed E-state index contributed by atoms with van der Waals surface area (Å²) in [4.78, 5) is 35.4. The average Bonchev–Trinajstić information content (AvgIpc) is 2.76. The Bertz CT molecular complexity index is 557. The van der Waals surface area contributed by atoms with Gasteiger partial charge in [0.2, 0.25) is 12.3 Å². The van der Waals surface area contributed by atoms with Crippen LogP contribution < -0.4 is 11.1 Å². The van der Waals surface area contributed by atoms with Crippen molar-refractivity contribution in [1.82, 2.24) is 10.2 Å². The molecule has 106 valence electrons. The predicted octanol–water partition coefficient (Wildman–Crippen LogP) is 0.666. The molecule has 0 fully saturated rings. The number of fused-ring (bicyclic) bond motifs is 1. The summed E-state index contributed by atoms with van der Waals surface area (Å²) in [5.74, 6) is -0.397. The molecular formula is C14H17N3O3. The smallest absolute Gasteiger partial charge is 0.254 e. The normalized spacial score (nSPS) is 14.8. The molecule has 0 saturated heterocycles. The third-order valence-corrected chi connectivity index (χ3v) is 3.57. The highest BCUT2D eigenvalue weighted by molar-refractivity contribution is 6.00. The largest absolute Gasteiger partial charge is 0.398 e. The Balaban J connectivity index is 2.02. The maximum atomic E-state index is 12.3. The van der Waals surface area contributed by atoms with Gasteiger partial charge in [-0.15, -0.1) is 0 Å². The summed E-state index contributed by atoms with van der Waals surface area (Å²) in [6.07, 6.45) is 1.07. The van der Waals surface area contributed by atoms with Crippen LogP contribution in [-0.4, -0.2) is 29.2 Å². The van der Waals surface area contributed by atoms with E-state index in [0.717, 1.165) is 5.56 Å². The van der Waals surface area contributed by atoms with Crippen molar-refractivity contribution in [3.8, 4) is 0 Å². The van der Waals surface area contributed by atoms with Gasteiger partial charge in [-0.1, -0.05) is 6.07 Å². The first-order valence-electron chi connectivity index (χ1n) is 6.46. The summed E-state index contributed by atoms with van der Waals surface area (Å²) in [6, 6.07) is 5.21. The number of hydrogen-bond donors (Lipinski definition) is 2. The molecule has 0 aliphatic carbocycles. The van der Waals surface area contributed by atoms with Gasteiger partial charge in [-0.2, -0.15) is 0 Å². The molecule has 0 radical (unpaired) electrons. The molecule has 3 amide bonds. The van der Waals surface area contributed by atoms with Crippen molar-refractivity contribution >= 4 is 23.9 Å². The Labute approximate surface area is 116 Å². The molecule has 0 bridgehead atoms. The Morgan fingerprint density at radius 3 is 2.95 bits per heavy atom. The van der Waals surface area contributed by atoms with Gasteiger partial charge >= 0.3 is 0 Å². The summed E-state index contributed by atoms with van der Waals surface area (Å²) in [5, 5.41) is 2.09. The molecule has 1 aromatic carbocycles. The number of nitrogens with two attached hydrogens (primary N) is 1. The zero-order valence-electron chi connectivity index (χ0n) is 11.3. The van der Waals surface area contributed by atoms with Crippen molar-refractivity contribution in [1.29, 1.82) is 0 Å². The topological polar surface area (TPSA) is 92.5 Å². The number of amides is 3. The molecule has 0 spiro atoms. The van der Waals surface area contributed by atoms with E-state index in [1.807, 2.05) is 6.92 Å². The molecule has 1 unspecified atom stereocenters. The quantitative estimate of drug-likeness (QED) is 0.610. The summed E-state index contributed by atoms with van der Waals surface area (Å²) in [7, 11) is 0. The number of imide groups is 1. The highest BCUT2D eigenvalue weighted by Gasteiger charge is 2.31. The SMILES string of the molecule is CC(CCC(=O)NC=O)N1Cc2c(N)cccc2C1=O. The fourth-order valence-electron chi connectivity index (χ4n) is 2.37. The molecule has 1 atom stereocenters. The maximum absolute atomic E-state index is 12.3. The van der Waals surface area contributed by atoms with E-state index < -0.39 is 0 Å². The van der Waals surface area contributed by atoms with Crippen LogP contribution in [0, 0.1) is 0 Å². The number of carbonyl (C=O) groups is 3. The number of benzene rings is 1. The fourth-order valence-corrected chi connectivity index (χ4v) is 2.37. The van der Waals surface area contributed by atoms with Crippen molar-refractivity contribution in [2.24, 2.45) is 0 Å². The second-order valence-corrected chi connectivity index (χ2v) is 4.88. The molecule has 20 heavy (non-hydrogen) atoms. The van der Waals surface area contributed by atoms with Crippen molar-refractivity contribution < 1.29 is 14.4 Å². The van der Waals surface area contributed by atoms with Crippen LogP contribution in [0.15, 0.2) is 18.2 Å². The molecule has 1 aliphatic heterocycles. The molecule has 0 saturated carbocycles.